The Morgan fingerprint density at radius 3 is 2.48 bits per heavy atom. The van der Waals surface area contributed by atoms with Gasteiger partial charge in [0, 0.05) is 18.8 Å². The first-order valence-corrected chi connectivity index (χ1v) is 9.83. The predicted octanol–water partition coefficient (Wildman–Crippen LogP) is 2.78. The quantitative estimate of drug-likeness (QED) is 0.618. The van der Waals surface area contributed by atoms with Gasteiger partial charge in [-0.05, 0) is 36.1 Å². The van der Waals surface area contributed by atoms with Crippen LogP contribution in [0.1, 0.15) is 30.0 Å². The summed E-state index contributed by atoms with van der Waals surface area (Å²) in [5.41, 5.74) is 1.40. The molecule has 5 nitrogen and oxygen atoms in total. The number of aromatic nitrogens is 2. The fraction of sp³-hybridized carbons (Fsp3) is 0.273. The van der Waals surface area contributed by atoms with E-state index in [1.807, 2.05) is 12.1 Å². The number of hydrogen-bond acceptors (Lipinski definition) is 2. The summed E-state index contributed by atoms with van der Waals surface area (Å²) in [6, 6.07) is 12.0. The lowest BCUT2D eigenvalue weighted by Crippen LogP contribution is -2.32. The fourth-order valence-corrected chi connectivity index (χ4v) is 3.44. The standard InChI is InChI=1S/C22H19BF3N3O2/c23-17-6-4-15(5-7-17)19-12-28(21(31)29(19)18-8-9-18)13-20(30)27-11-14-2-1-3-16(10-14)22(24,25)26/h1-7,10,12,18H,8-9,11,13H2,(H,27,30). The summed E-state index contributed by atoms with van der Waals surface area (Å²) in [5, 5.41) is 2.58. The van der Waals surface area contributed by atoms with Crippen molar-refractivity contribution in [2.45, 2.75) is 38.1 Å². The molecule has 1 aromatic heterocycles. The minimum atomic E-state index is -4.45. The molecular formula is C22H19BF3N3O2. The number of benzene rings is 2. The fourth-order valence-electron chi connectivity index (χ4n) is 3.44. The van der Waals surface area contributed by atoms with E-state index >= 15 is 0 Å². The Balaban J connectivity index is 1.49. The van der Waals surface area contributed by atoms with Crippen LogP contribution in [0.25, 0.3) is 11.3 Å². The highest BCUT2D eigenvalue weighted by molar-refractivity contribution is 6.32. The number of carbonyl (C=O) groups excluding carboxylic acids is 1. The van der Waals surface area contributed by atoms with Crippen LogP contribution in [0.2, 0.25) is 0 Å². The maximum Gasteiger partial charge on any atom is 0.416 e. The van der Waals surface area contributed by atoms with Gasteiger partial charge in [-0.1, -0.05) is 41.9 Å². The molecule has 1 saturated carbocycles. The molecule has 1 amide bonds. The Labute approximate surface area is 177 Å². The largest absolute Gasteiger partial charge is 0.416 e. The van der Waals surface area contributed by atoms with Gasteiger partial charge in [-0.25, -0.2) is 4.79 Å². The average molecular weight is 425 g/mol. The number of halogens is 3. The van der Waals surface area contributed by atoms with Crippen LogP contribution in [-0.4, -0.2) is 22.9 Å². The lowest BCUT2D eigenvalue weighted by Gasteiger charge is -2.09. The summed E-state index contributed by atoms with van der Waals surface area (Å²) in [6.45, 7) is -0.287. The first-order chi connectivity index (χ1) is 14.7. The van der Waals surface area contributed by atoms with Crippen LogP contribution >= 0.6 is 0 Å². The van der Waals surface area contributed by atoms with Crippen molar-refractivity contribution in [3.8, 4) is 11.3 Å². The van der Waals surface area contributed by atoms with Crippen LogP contribution in [0.15, 0.2) is 59.5 Å². The molecule has 1 aliphatic rings. The van der Waals surface area contributed by atoms with Gasteiger partial charge >= 0.3 is 11.9 Å². The number of rotatable bonds is 6. The second-order valence-corrected chi connectivity index (χ2v) is 7.62. The van der Waals surface area contributed by atoms with Gasteiger partial charge in [-0.3, -0.25) is 13.9 Å². The zero-order valence-electron chi connectivity index (χ0n) is 16.5. The Bertz CT molecular complexity index is 1160. The van der Waals surface area contributed by atoms with E-state index in [0.29, 0.717) is 16.7 Å². The summed E-state index contributed by atoms with van der Waals surface area (Å²) in [4.78, 5) is 25.3. The third-order valence-corrected chi connectivity index (χ3v) is 5.17. The van der Waals surface area contributed by atoms with E-state index < -0.39 is 17.6 Å². The second-order valence-electron chi connectivity index (χ2n) is 7.62. The van der Waals surface area contributed by atoms with Crippen molar-refractivity contribution < 1.29 is 18.0 Å². The van der Waals surface area contributed by atoms with E-state index in [0.717, 1.165) is 30.5 Å². The third kappa shape index (κ3) is 4.76. The minimum absolute atomic E-state index is 0.0638. The van der Waals surface area contributed by atoms with Crippen LogP contribution < -0.4 is 16.5 Å². The summed E-state index contributed by atoms with van der Waals surface area (Å²) in [6.07, 6.45) is -1.02. The van der Waals surface area contributed by atoms with Crippen molar-refractivity contribution in [2.75, 3.05) is 0 Å². The second kappa shape index (κ2) is 8.13. The molecule has 4 rings (SSSR count). The lowest BCUT2D eigenvalue weighted by atomic mass is 9.95. The highest BCUT2D eigenvalue weighted by Gasteiger charge is 2.31. The third-order valence-electron chi connectivity index (χ3n) is 5.17. The number of alkyl halides is 3. The lowest BCUT2D eigenvalue weighted by molar-refractivity contribution is -0.137. The molecule has 0 spiro atoms. The number of nitrogens with one attached hydrogen (secondary N) is 1. The highest BCUT2D eigenvalue weighted by atomic mass is 19.4. The molecule has 1 N–H and O–H groups in total. The van der Waals surface area contributed by atoms with Gasteiger partial charge < -0.3 is 5.32 Å². The van der Waals surface area contributed by atoms with Gasteiger partial charge in [-0.2, -0.15) is 13.2 Å². The van der Waals surface area contributed by atoms with Gasteiger partial charge in [0.25, 0.3) is 0 Å². The molecule has 158 valence electrons. The van der Waals surface area contributed by atoms with E-state index in [1.165, 1.54) is 16.7 Å². The average Bonchev–Trinajstić information content (AvgIpc) is 3.51. The molecule has 3 aromatic rings. The van der Waals surface area contributed by atoms with Crippen LogP contribution in [0.3, 0.4) is 0 Å². The molecule has 31 heavy (non-hydrogen) atoms. The first kappa shape index (κ1) is 21.0. The number of imidazole rings is 1. The topological polar surface area (TPSA) is 56.0 Å². The van der Waals surface area contributed by atoms with Crippen molar-refractivity contribution in [3.05, 3.63) is 76.3 Å². The summed E-state index contributed by atoms with van der Waals surface area (Å²) >= 11 is 0. The van der Waals surface area contributed by atoms with Gasteiger partial charge in [-0.15, -0.1) is 0 Å². The molecule has 0 bridgehead atoms. The van der Waals surface area contributed by atoms with Crippen molar-refractivity contribution in [2.24, 2.45) is 0 Å². The molecule has 0 atom stereocenters. The van der Waals surface area contributed by atoms with E-state index in [-0.39, 0.29) is 24.8 Å². The number of nitrogens with zero attached hydrogens (tertiary/aromatic N) is 2. The number of carbonyl (C=O) groups is 1. The number of hydrogen-bond donors (Lipinski definition) is 1. The maximum atomic E-state index is 12.9. The molecule has 0 saturated heterocycles. The zero-order valence-corrected chi connectivity index (χ0v) is 16.5. The van der Waals surface area contributed by atoms with E-state index in [1.54, 1.807) is 22.9 Å². The van der Waals surface area contributed by atoms with Crippen LogP contribution in [-0.2, 0) is 24.1 Å². The molecule has 2 aromatic carbocycles. The van der Waals surface area contributed by atoms with E-state index in [2.05, 4.69) is 5.32 Å². The molecule has 1 aliphatic carbocycles. The molecule has 0 unspecified atom stereocenters. The van der Waals surface area contributed by atoms with Crippen LogP contribution in [0.4, 0.5) is 13.2 Å². The molecule has 1 fully saturated rings. The van der Waals surface area contributed by atoms with Crippen molar-refractivity contribution in [3.63, 3.8) is 0 Å². The molecule has 1 heterocycles. The van der Waals surface area contributed by atoms with Crippen LogP contribution in [0.5, 0.6) is 0 Å². The maximum absolute atomic E-state index is 12.9. The Morgan fingerprint density at radius 1 is 1.13 bits per heavy atom. The van der Waals surface area contributed by atoms with Crippen molar-refractivity contribution in [1.82, 2.24) is 14.5 Å². The summed E-state index contributed by atoms with van der Waals surface area (Å²) in [5.74, 6) is -0.462. The monoisotopic (exact) mass is 425 g/mol. The normalized spacial score (nSPS) is 13.9. The molecular weight excluding hydrogens is 406 g/mol. The number of amides is 1. The van der Waals surface area contributed by atoms with Gasteiger partial charge in [0.1, 0.15) is 14.4 Å². The Morgan fingerprint density at radius 2 is 1.84 bits per heavy atom. The van der Waals surface area contributed by atoms with Gasteiger partial charge in [0.05, 0.1) is 11.3 Å². The predicted molar refractivity (Wildman–Crippen MR) is 111 cm³/mol. The van der Waals surface area contributed by atoms with Crippen molar-refractivity contribution in [1.29, 1.82) is 0 Å². The Hall–Kier alpha value is -3.23. The van der Waals surface area contributed by atoms with E-state index in [9.17, 15) is 22.8 Å². The van der Waals surface area contributed by atoms with E-state index in [4.69, 9.17) is 7.85 Å². The highest BCUT2D eigenvalue weighted by Crippen LogP contribution is 2.37. The van der Waals surface area contributed by atoms with Gasteiger partial charge in [0.15, 0.2) is 0 Å². The van der Waals surface area contributed by atoms with Crippen LogP contribution in [0, 0.1) is 0 Å². The Kier molecular flexibility index (Phi) is 5.51. The summed E-state index contributed by atoms with van der Waals surface area (Å²) in [7, 11) is 5.74. The first-order valence-electron chi connectivity index (χ1n) is 9.83. The zero-order chi connectivity index (χ0) is 22.2. The summed E-state index contributed by atoms with van der Waals surface area (Å²) < 4.78 is 41.5. The van der Waals surface area contributed by atoms with Gasteiger partial charge in [0.2, 0.25) is 5.91 Å². The minimum Gasteiger partial charge on any atom is -0.350 e. The molecule has 9 heteroatoms. The smallest absolute Gasteiger partial charge is 0.350 e. The molecule has 0 aliphatic heterocycles. The van der Waals surface area contributed by atoms with Crippen molar-refractivity contribution >= 4 is 19.2 Å². The molecule has 2 radical (unpaired) electrons. The SMILES string of the molecule is [B]c1ccc(-c2cn(CC(=O)NCc3cccc(C(F)(F)F)c3)c(=O)n2C2CC2)cc1.